The molecule has 0 amide bonds. The molecular formula is C21H30O3. The van der Waals surface area contributed by atoms with Crippen molar-refractivity contribution in [2.75, 3.05) is 0 Å². The van der Waals surface area contributed by atoms with E-state index >= 15 is 0 Å². The zero-order valence-corrected chi connectivity index (χ0v) is 15.2. The third kappa shape index (κ3) is 1.83. The Kier molecular flexibility index (Phi) is 3.06. The average molecular weight is 330 g/mol. The monoisotopic (exact) mass is 330 g/mol. The average Bonchev–Trinajstić information content (AvgIpc) is 3.13. The molecule has 132 valence electrons. The van der Waals surface area contributed by atoms with Gasteiger partial charge in [0, 0.05) is 18.3 Å². The topological polar surface area (TPSA) is 46.7 Å². The summed E-state index contributed by atoms with van der Waals surface area (Å²) in [5.41, 5.74) is 0.0773. The van der Waals surface area contributed by atoms with Crippen molar-refractivity contribution in [3.8, 4) is 0 Å². The van der Waals surface area contributed by atoms with Gasteiger partial charge in [0.15, 0.2) is 0 Å². The molecule has 3 heteroatoms. The lowest BCUT2D eigenvalue weighted by Gasteiger charge is -2.58. The summed E-state index contributed by atoms with van der Waals surface area (Å²) < 4.78 is 5.85. The molecule has 1 aliphatic heterocycles. The molecule has 3 nitrogen and oxygen atoms in total. The highest BCUT2D eigenvalue weighted by molar-refractivity contribution is 5.87. The first kappa shape index (κ1) is 15.5. The van der Waals surface area contributed by atoms with Crippen LogP contribution in [0.15, 0.2) is 0 Å². The number of carbonyl (C=O) groups excluding carboxylic acids is 2. The van der Waals surface area contributed by atoms with Gasteiger partial charge >= 0.3 is 0 Å². The minimum atomic E-state index is -0.0689. The van der Waals surface area contributed by atoms with Gasteiger partial charge in [-0.1, -0.05) is 13.8 Å². The van der Waals surface area contributed by atoms with Crippen molar-refractivity contribution >= 4 is 11.6 Å². The van der Waals surface area contributed by atoms with Crippen LogP contribution in [0, 0.1) is 40.4 Å². The van der Waals surface area contributed by atoms with Crippen LogP contribution in [-0.2, 0) is 14.3 Å². The number of epoxide rings is 1. The van der Waals surface area contributed by atoms with Crippen LogP contribution in [0.5, 0.6) is 0 Å². The maximum atomic E-state index is 13.4. The highest BCUT2D eigenvalue weighted by atomic mass is 16.6. The molecule has 5 fully saturated rings. The van der Waals surface area contributed by atoms with E-state index in [0.29, 0.717) is 47.9 Å². The first-order chi connectivity index (χ1) is 11.3. The molecule has 5 rings (SSSR count). The molecular weight excluding hydrogens is 300 g/mol. The van der Waals surface area contributed by atoms with Crippen LogP contribution in [0.25, 0.3) is 0 Å². The lowest BCUT2D eigenvalue weighted by Crippen LogP contribution is -2.57. The van der Waals surface area contributed by atoms with Gasteiger partial charge in [0.05, 0.1) is 12.2 Å². The fourth-order valence-electron chi connectivity index (χ4n) is 8.01. The Balaban J connectivity index is 1.51. The van der Waals surface area contributed by atoms with E-state index in [4.69, 9.17) is 4.74 Å². The van der Waals surface area contributed by atoms with Gasteiger partial charge in [0.1, 0.15) is 11.6 Å². The summed E-state index contributed by atoms with van der Waals surface area (Å²) in [5.74, 6) is 2.87. The summed E-state index contributed by atoms with van der Waals surface area (Å²) in [6, 6.07) is 0. The Labute approximate surface area is 144 Å². The number of Topliss-reactive ketones (excluding diaryl/α,β-unsaturated/α-hetero) is 2. The summed E-state index contributed by atoms with van der Waals surface area (Å²) in [4.78, 5) is 25.6. The lowest BCUT2D eigenvalue weighted by atomic mass is 9.44. The van der Waals surface area contributed by atoms with E-state index in [1.54, 1.807) is 6.92 Å². The molecule has 4 saturated carbocycles. The number of hydrogen-bond acceptors (Lipinski definition) is 3. The summed E-state index contributed by atoms with van der Waals surface area (Å²) in [6.45, 7) is 6.38. The van der Waals surface area contributed by atoms with Crippen molar-refractivity contribution in [2.45, 2.75) is 77.9 Å². The van der Waals surface area contributed by atoms with Gasteiger partial charge in [-0.05, 0) is 74.0 Å². The van der Waals surface area contributed by atoms with E-state index in [1.165, 1.54) is 19.3 Å². The molecule has 0 N–H and O–H groups in total. The molecule has 0 radical (unpaired) electrons. The van der Waals surface area contributed by atoms with E-state index in [0.717, 1.165) is 19.3 Å². The van der Waals surface area contributed by atoms with Crippen molar-refractivity contribution in [3.05, 3.63) is 0 Å². The van der Waals surface area contributed by atoms with E-state index in [2.05, 4.69) is 13.8 Å². The van der Waals surface area contributed by atoms with Crippen LogP contribution in [-0.4, -0.2) is 23.8 Å². The third-order valence-electron chi connectivity index (χ3n) is 9.08. The van der Waals surface area contributed by atoms with Crippen LogP contribution in [0.4, 0.5) is 0 Å². The second-order valence-corrected chi connectivity index (χ2v) is 10.1. The summed E-state index contributed by atoms with van der Waals surface area (Å²) in [7, 11) is 0. The van der Waals surface area contributed by atoms with Crippen molar-refractivity contribution in [1.29, 1.82) is 0 Å². The number of hydrogen-bond donors (Lipinski definition) is 0. The standard InChI is InChI=1S/C21H30O3/c1-11(22)14-6-7-15-13-5-4-12-8-17-18(24-17)10-20(12,2)19(13)16(23)9-21(14,15)3/h12-15,17-19H,4-10H2,1-3H3/t12-,13-,14+,15-,17-,18+,19+,20-,21+/m0/s1. The Hall–Kier alpha value is -0.700. The quantitative estimate of drug-likeness (QED) is 0.687. The summed E-state index contributed by atoms with van der Waals surface area (Å²) in [5, 5.41) is 0. The largest absolute Gasteiger partial charge is 0.370 e. The van der Waals surface area contributed by atoms with Gasteiger partial charge in [-0.2, -0.15) is 0 Å². The Morgan fingerprint density at radius 3 is 2.62 bits per heavy atom. The molecule has 0 bridgehead atoms. The van der Waals surface area contributed by atoms with Gasteiger partial charge in [0.25, 0.3) is 0 Å². The maximum absolute atomic E-state index is 13.4. The number of ether oxygens (including phenoxy) is 1. The molecule has 4 aliphatic carbocycles. The first-order valence-electron chi connectivity index (χ1n) is 10.0. The van der Waals surface area contributed by atoms with Gasteiger partial charge in [-0.15, -0.1) is 0 Å². The number of carbonyl (C=O) groups is 2. The molecule has 0 spiro atoms. The molecule has 5 aliphatic rings. The highest BCUT2D eigenvalue weighted by Gasteiger charge is 2.66. The van der Waals surface area contributed by atoms with Crippen LogP contribution in [0.3, 0.4) is 0 Å². The smallest absolute Gasteiger partial charge is 0.137 e. The van der Waals surface area contributed by atoms with E-state index < -0.39 is 0 Å². The predicted octanol–water partition coefficient (Wildman–Crippen LogP) is 3.79. The fourth-order valence-corrected chi connectivity index (χ4v) is 8.01. The second kappa shape index (κ2) is 4.72. The van der Waals surface area contributed by atoms with Gasteiger partial charge < -0.3 is 4.74 Å². The van der Waals surface area contributed by atoms with Crippen LogP contribution in [0.2, 0.25) is 0 Å². The zero-order chi connectivity index (χ0) is 16.9. The summed E-state index contributed by atoms with van der Waals surface area (Å²) >= 11 is 0. The van der Waals surface area contributed by atoms with Crippen LogP contribution >= 0.6 is 0 Å². The van der Waals surface area contributed by atoms with Crippen LogP contribution in [0.1, 0.15) is 65.7 Å². The van der Waals surface area contributed by atoms with E-state index in [1.807, 2.05) is 0 Å². The number of ketones is 2. The predicted molar refractivity (Wildman–Crippen MR) is 90.3 cm³/mol. The zero-order valence-electron chi connectivity index (χ0n) is 15.2. The fraction of sp³-hybridized carbons (Fsp3) is 0.905. The Bertz CT molecular complexity index is 612. The molecule has 24 heavy (non-hydrogen) atoms. The van der Waals surface area contributed by atoms with Crippen molar-refractivity contribution in [2.24, 2.45) is 40.4 Å². The van der Waals surface area contributed by atoms with E-state index in [-0.39, 0.29) is 22.7 Å². The van der Waals surface area contributed by atoms with Crippen molar-refractivity contribution in [1.82, 2.24) is 0 Å². The molecule has 1 saturated heterocycles. The summed E-state index contributed by atoms with van der Waals surface area (Å²) in [6.07, 6.45) is 8.44. The molecule has 0 unspecified atom stereocenters. The molecule has 0 aromatic carbocycles. The van der Waals surface area contributed by atoms with Crippen molar-refractivity contribution < 1.29 is 14.3 Å². The Morgan fingerprint density at radius 2 is 1.88 bits per heavy atom. The highest BCUT2D eigenvalue weighted by Crippen LogP contribution is 2.67. The second-order valence-electron chi connectivity index (χ2n) is 10.1. The van der Waals surface area contributed by atoms with E-state index in [9.17, 15) is 9.59 Å². The van der Waals surface area contributed by atoms with Gasteiger partial charge in [-0.25, -0.2) is 0 Å². The molecule has 9 atom stereocenters. The third-order valence-corrected chi connectivity index (χ3v) is 9.08. The number of fused-ring (bicyclic) bond motifs is 6. The SMILES string of the molecule is CC(=O)[C@H]1CC[C@H]2[C@@H]3CC[C@H]4C[C@@H]5O[C@@H]5C[C@]4(C)[C@H]3C(=O)C[C@]12C. The number of rotatable bonds is 1. The minimum absolute atomic E-state index is 0.0689. The maximum Gasteiger partial charge on any atom is 0.137 e. The Morgan fingerprint density at radius 1 is 1.08 bits per heavy atom. The lowest BCUT2D eigenvalue weighted by molar-refractivity contribution is -0.157. The molecule has 0 aromatic rings. The first-order valence-corrected chi connectivity index (χ1v) is 10.0. The molecule has 0 aromatic heterocycles. The van der Waals surface area contributed by atoms with Crippen molar-refractivity contribution in [3.63, 3.8) is 0 Å². The van der Waals surface area contributed by atoms with Crippen LogP contribution < -0.4 is 0 Å². The van der Waals surface area contributed by atoms with Gasteiger partial charge in [-0.3, -0.25) is 9.59 Å². The normalized spacial score (nSPS) is 58.3. The van der Waals surface area contributed by atoms with Gasteiger partial charge in [0.2, 0.25) is 0 Å². The molecule has 1 heterocycles. The minimum Gasteiger partial charge on any atom is -0.370 e.